The van der Waals surface area contributed by atoms with E-state index in [4.69, 9.17) is 4.74 Å². The summed E-state index contributed by atoms with van der Waals surface area (Å²) in [6.45, 7) is 4.45. The fourth-order valence-electron chi connectivity index (χ4n) is 6.76. The fraction of sp³-hybridized carbons (Fsp3) is 0.576. The number of carbonyl (C=O) groups is 2. The summed E-state index contributed by atoms with van der Waals surface area (Å²) in [6, 6.07) is 12.6. The van der Waals surface area contributed by atoms with Gasteiger partial charge < -0.3 is 15.2 Å². The van der Waals surface area contributed by atoms with E-state index in [1.807, 2.05) is 43.3 Å². The second-order valence-corrected chi connectivity index (χ2v) is 14.6. The van der Waals surface area contributed by atoms with Crippen LogP contribution in [0.5, 0.6) is 0 Å². The molecular formula is C33H46N2O6S. The van der Waals surface area contributed by atoms with Gasteiger partial charge in [0.05, 0.1) is 12.4 Å². The minimum Gasteiger partial charge on any atom is -0.480 e. The van der Waals surface area contributed by atoms with Crippen molar-refractivity contribution in [2.75, 3.05) is 32.3 Å². The van der Waals surface area contributed by atoms with Crippen molar-refractivity contribution in [3.63, 3.8) is 0 Å². The molecule has 1 amide bonds. The highest BCUT2D eigenvalue weighted by Crippen LogP contribution is 2.36. The lowest BCUT2D eigenvalue weighted by Gasteiger charge is -2.25. The summed E-state index contributed by atoms with van der Waals surface area (Å²) in [5, 5.41) is 12.2. The SMILES string of the molecule is COC[C@H]1C[C@H](CC2CCCCC2)CN1Cc1ccc(C(=O)N[C@@H](CCS(C)(=O)=O)C(=O)O)c(-c2ccccc2C)c1. The Morgan fingerprint density at radius 1 is 1.07 bits per heavy atom. The summed E-state index contributed by atoms with van der Waals surface area (Å²) >= 11 is 0. The average Bonchev–Trinajstić information content (AvgIpc) is 3.31. The molecule has 2 aromatic carbocycles. The molecule has 0 bridgehead atoms. The zero-order valence-corrected chi connectivity index (χ0v) is 26.0. The monoisotopic (exact) mass is 598 g/mol. The van der Waals surface area contributed by atoms with Gasteiger partial charge in [0.2, 0.25) is 0 Å². The first-order valence-electron chi connectivity index (χ1n) is 15.2. The van der Waals surface area contributed by atoms with Gasteiger partial charge in [0.15, 0.2) is 0 Å². The Hall–Kier alpha value is -2.75. The zero-order chi connectivity index (χ0) is 30.3. The zero-order valence-electron chi connectivity index (χ0n) is 25.2. The van der Waals surface area contributed by atoms with E-state index in [2.05, 4.69) is 10.2 Å². The van der Waals surface area contributed by atoms with Crippen molar-refractivity contribution < 1.29 is 27.9 Å². The number of rotatable bonds is 13. The molecule has 0 unspecified atom stereocenters. The smallest absolute Gasteiger partial charge is 0.326 e. The molecule has 1 aliphatic heterocycles. The number of ether oxygens (including phenoxy) is 1. The second kappa shape index (κ2) is 14.6. The van der Waals surface area contributed by atoms with Crippen LogP contribution in [0.4, 0.5) is 0 Å². The van der Waals surface area contributed by atoms with Crippen LogP contribution in [0.15, 0.2) is 42.5 Å². The molecule has 2 fully saturated rings. The van der Waals surface area contributed by atoms with E-state index in [-0.39, 0.29) is 12.2 Å². The van der Waals surface area contributed by atoms with Gasteiger partial charge in [0.25, 0.3) is 5.91 Å². The number of carbonyl (C=O) groups excluding carboxylic acids is 1. The number of carboxylic acid groups (broad SMARTS) is 1. The highest BCUT2D eigenvalue weighted by molar-refractivity contribution is 7.90. The van der Waals surface area contributed by atoms with E-state index >= 15 is 0 Å². The number of hydrogen-bond donors (Lipinski definition) is 2. The normalized spacial score (nSPS) is 20.8. The lowest BCUT2D eigenvalue weighted by molar-refractivity contribution is -0.139. The number of carboxylic acids is 1. The summed E-state index contributed by atoms with van der Waals surface area (Å²) in [6.07, 6.45) is 10.1. The number of likely N-dealkylation sites (tertiary alicyclic amines) is 1. The van der Waals surface area contributed by atoms with Crippen LogP contribution in [0.3, 0.4) is 0 Å². The Balaban J connectivity index is 1.57. The quantitative estimate of drug-likeness (QED) is 0.330. The third-order valence-corrected chi connectivity index (χ3v) is 9.87. The molecule has 1 saturated carbocycles. The standard InChI is InChI=1S/C33H46N2O6S/c1-23-9-7-8-12-28(23)30-19-25(13-14-29(30)32(36)34-31(33(37)38)15-16-42(3,39)40)20-35-21-26(18-27(35)22-41-2)17-24-10-5-4-6-11-24/h7-9,12-14,19,24,26-27,31H,4-6,10-11,15-18,20-22H2,1-3H3,(H,34,36)(H,37,38)/t26-,27+,31-/m0/s1. The predicted octanol–water partition coefficient (Wildman–Crippen LogP) is 5.09. The number of benzene rings is 2. The maximum atomic E-state index is 13.5. The van der Waals surface area contributed by atoms with Crippen molar-refractivity contribution >= 4 is 21.7 Å². The number of sulfone groups is 1. The van der Waals surface area contributed by atoms with Crippen molar-refractivity contribution in [3.05, 3.63) is 59.2 Å². The van der Waals surface area contributed by atoms with Gasteiger partial charge >= 0.3 is 5.97 Å². The maximum absolute atomic E-state index is 13.5. The van der Waals surface area contributed by atoms with Gasteiger partial charge in [-0.05, 0) is 72.4 Å². The lowest BCUT2D eigenvalue weighted by Crippen LogP contribution is -2.42. The van der Waals surface area contributed by atoms with E-state index in [9.17, 15) is 23.1 Å². The van der Waals surface area contributed by atoms with Crippen molar-refractivity contribution in [1.82, 2.24) is 10.2 Å². The fourth-order valence-corrected chi connectivity index (χ4v) is 7.42. The van der Waals surface area contributed by atoms with Crippen molar-refractivity contribution in [1.29, 1.82) is 0 Å². The molecule has 2 aliphatic rings. The van der Waals surface area contributed by atoms with Crippen molar-refractivity contribution in [2.45, 2.75) is 76.9 Å². The first-order chi connectivity index (χ1) is 20.0. The van der Waals surface area contributed by atoms with E-state index in [0.29, 0.717) is 24.1 Å². The third kappa shape index (κ3) is 8.88. The molecule has 0 radical (unpaired) electrons. The predicted molar refractivity (Wildman–Crippen MR) is 165 cm³/mol. The van der Waals surface area contributed by atoms with Crippen LogP contribution in [-0.2, 0) is 25.9 Å². The number of methoxy groups -OCH3 is 1. The summed E-state index contributed by atoms with van der Waals surface area (Å²) in [5.41, 5.74) is 4.08. The van der Waals surface area contributed by atoms with Crippen LogP contribution in [-0.4, -0.2) is 74.7 Å². The summed E-state index contributed by atoms with van der Waals surface area (Å²) in [7, 11) is -1.62. The number of amides is 1. The Morgan fingerprint density at radius 2 is 1.81 bits per heavy atom. The minimum atomic E-state index is -3.38. The van der Waals surface area contributed by atoms with Gasteiger partial charge in [0, 0.05) is 38.1 Å². The highest BCUT2D eigenvalue weighted by atomic mass is 32.2. The number of aliphatic carboxylic acids is 1. The minimum absolute atomic E-state index is 0.199. The first-order valence-corrected chi connectivity index (χ1v) is 17.2. The highest BCUT2D eigenvalue weighted by Gasteiger charge is 2.34. The largest absolute Gasteiger partial charge is 0.480 e. The van der Waals surface area contributed by atoms with Crippen LogP contribution in [0.1, 0.15) is 72.9 Å². The second-order valence-electron chi connectivity index (χ2n) is 12.4. The van der Waals surface area contributed by atoms with Gasteiger partial charge in [0.1, 0.15) is 15.9 Å². The Labute approximate surface area is 250 Å². The van der Waals surface area contributed by atoms with Crippen LogP contribution in [0, 0.1) is 18.8 Å². The summed E-state index contributed by atoms with van der Waals surface area (Å²) in [4.78, 5) is 27.8. The first kappa shape index (κ1) is 32.2. The van der Waals surface area contributed by atoms with E-state index < -0.39 is 27.8 Å². The van der Waals surface area contributed by atoms with Crippen LogP contribution >= 0.6 is 0 Å². The third-order valence-electron chi connectivity index (χ3n) is 8.90. The average molecular weight is 599 g/mol. The molecule has 42 heavy (non-hydrogen) atoms. The van der Waals surface area contributed by atoms with Gasteiger partial charge in [-0.15, -0.1) is 0 Å². The molecule has 4 rings (SSSR count). The Morgan fingerprint density at radius 3 is 2.48 bits per heavy atom. The van der Waals surface area contributed by atoms with E-state index in [1.165, 1.54) is 38.5 Å². The molecule has 2 aromatic rings. The number of nitrogens with one attached hydrogen (secondary N) is 1. The molecule has 2 N–H and O–H groups in total. The van der Waals surface area contributed by atoms with E-state index in [0.717, 1.165) is 53.9 Å². The molecule has 230 valence electrons. The van der Waals surface area contributed by atoms with Gasteiger partial charge in [-0.3, -0.25) is 9.69 Å². The van der Waals surface area contributed by atoms with Crippen molar-refractivity contribution in [2.24, 2.45) is 11.8 Å². The molecule has 3 atom stereocenters. The van der Waals surface area contributed by atoms with E-state index in [1.54, 1.807) is 13.2 Å². The van der Waals surface area contributed by atoms with Crippen LogP contribution in [0.25, 0.3) is 11.1 Å². The molecule has 0 spiro atoms. The molecule has 9 heteroatoms. The Kier molecular flexibility index (Phi) is 11.2. The topological polar surface area (TPSA) is 113 Å². The molecular weight excluding hydrogens is 552 g/mol. The van der Waals surface area contributed by atoms with Crippen LogP contribution in [0.2, 0.25) is 0 Å². The summed E-state index contributed by atoms with van der Waals surface area (Å²) < 4.78 is 28.9. The van der Waals surface area contributed by atoms with Gasteiger partial charge in [-0.1, -0.05) is 62.4 Å². The Bertz CT molecular complexity index is 1340. The lowest BCUT2D eigenvalue weighted by atomic mass is 9.82. The maximum Gasteiger partial charge on any atom is 0.326 e. The number of hydrogen-bond acceptors (Lipinski definition) is 6. The van der Waals surface area contributed by atoms with Crippen molar-refractivity contribution in [3.8, 4) is 11.1 Å². The van der Waals surface area contributed by atoms with Crippen LogP contribution < -0.4 is 5.32 Å². The molecule has 1 aliphatic carbocycles. The molecule has 0 aromatic heterocycles. The molecule has 1 heterocycles. The van der Waals surface area contributed by atoms with Gasteiger partial charge in [-0.25, -0.2) is 13.2 Å². The molecule has 8 nitrogen and oxygen atoms in total. The number of aryl methyl sites for hydroxylation is 1. The van der Waals surface area contributed by atoms with Gasteiger partial charge in [-0.2, -0.15) is 0 Å². The molecule has 1 saturated heterocycles. The summed E-state index contributed by atoms with van der Waals surface area (Å²) in [5.74, 6) is -0.624. The number of nitrogens with zero attached hydrogens (tertiary/aromatic N) is 1.